The van der Waals surface area contributed by atoms with Crippen LogP contribution < -0.4 is 0 Å². The number of rotatable bonds is 2. The Balaban J connectivity index is 5.11. The van der Waals surface area contributed by atoms with E-state index in [1.165, 1.54) is 0 Å². The van der Waals surface area contributed by atoms with Gasteiger partial charge in [0.2, 0.25) is 0 Å². The molecule has 0 aromatic carbocycles. The Labute approximate surface area is 85.3 Å². The first-order valence-electron chi connectivity index (χ1n) is 3.62. The number of amides is 2. The van der Waals surface area contributed by atoms with Crippen molar-refractivity contribution in [1.29, 1.82) is 0 Å². The van der Waals surface area contributed by atoms with E-state index in [1.54, 1.807) is 0 Å². The van der Waals surface area contributed by atoms with Gasteiger partial charge in [0, 0.05) is 6.54 Å². The maximum atomic E-state index is 11.8. The highest BCUT2D eigenvalue weighted by atomic mass is 19.4. The van der Waals surface area contributed by atoms with E-state index in [2.05, 4.69) is 6.58 Å². The first kappa shape index (κ1) is 14.5. The molecule has 92 valence electrons. The van der Waals surface area contributed by atoms with Gasteiger partial charge in [-0.2, -0.15) is 26.3 Å². The summed E-state index contributed by atoms with van der Waals surface area (Å²) in [5, 5.41) is 0. The van der Waals surface area contributed by atoms with Crippen molar-refractivity contribution in [1.82, 2.24) is 4.90 Å². The molecule has 0 spiro atoms. The molecule has 9 heteroatoms. The van der Waals surface area contributed by atoms with Crippen LogP contribution in [0.25, 0.3) is 0 Å². The van der Waals surface area contributed by atoms with Crippen molar-refractivity contribution in [3.05, 3.63) is 12.7 Å². The van der Waals surface area contributed by atoms with Gasteiger partial charge in [-0.25, -0.2) is 0 Å². The van der Waals surface area contributed by atoms with E-state index in [1.807, 2.05) is 0 Å². The third-order valence-corrected chi connectivity index (χ3v) is 1.29. The minimum atomic E-state index is -5.55. The average Bonchev–Trinajstić information content (AvgIpc) is 2.09. The van der Waals surface area contributed by atoms with Crippen molar-refractivity contribution >= 4 is 11.8 Å². The Bertz CT molecular complexity index is 279. The summed E-state index contributed by atoms with van der Waals surface area (Å²) >= 11 is 0. The molecule has 0 aliphatic carbocycles. The number of halogens is 6. The molecule has 3 nitrogen and oxygen atoms in total. The number of alkyl halides is 6. The minimum absolute atomic E-state index is 0.577. The lowest BCUT2D eigenvalue weighted by atomic mass is 10.4. The van der Waals surface area contributed by atoms with Crippen LogP contribution in [-0.2, 0) is 9.59 Å². The van der Waals surface area contributed by atoms with Crippen LogP contribution in [0.5, 0.6) is 0 Å². The Morgan fingerprint density at radius 3 is 1.50 bits per heavy atom. The highest BCUT2D eigenvalue weighted by Gasteiger charge is 2.51. The zero-order valence-electron chi connectivity index (χ0n) is 7.52. The maximum absolute atomic E-state index is 11.8. The Kier molecular flexibility index (Phi) is 4.10. The topological polar surface area (TPSA) is 37.4 Å². The summed E-state index contributed by atoms with van der Waals surface area (Å²) in [6.07, 6.45) is -10.5. The van der Waals surface area contributed by atoms with E-state index in [0.29, 0.717) is 6.08 Å². The summed E-state index contributed by atoms with van der Waals surface area (Å²) in [6.45, 7) is 1.68. The van der Waals surface area contributed by atoms with E-state index in [0.717, 1.165) is 0 Å². The molecule has 0 aromatic rings. The molecule has 0 aliphatic heterocycles. The van der Waals surface area contributed by atoms with Gasteiger partial charge < -0.3 is 0 Å². The number of hydrogen-bond acceptors (Lipinski definition) is 2. The van der Waals surface area contributed by atoms with Crippen LogP contribution in [0.3, 0.4) is 0 Å². The lowest BCUT2D eigenvalue weighted by Crippen LogP contribution is -2.50. The molecule has 0 saturated heterocycles. The molecule has 0 bridgehead atoms. The summed E-state index contributed by atoms with van der Waals surface area (Å²) in [5.41, 5.74) is 0. The predicted octanol–water partition coefficient (Wildman–Crippen LogP) is 1.65. The zero-order chi connectivity index (χ0) is 13.1. The van der Waals surface area contributed by atoms with Crippen LogP contribution in [0.4, 0.5) is 26.3 Å². The summed E-state index contributed by atoms with van der Waals surface area (Å²) in [4.78, 5) is 20.0. The molecule has 0 rings (SSSR count). The summed E-state index contributed by atoms with van der Waals surface area (Å²) in [6, 6.07) is 0. The summed E-state index contributed by atoms with van der Waals surface area (Å²) < 4.78 is 71.0. The zero-order valence-corrected chi connectivity index (χ0v) is 7.52. The third-order valence-electron chi connectivity index (χ3n) is 1.29. The van der Waals surface area contributed by atoms with Crippen LogP contribution in [0.1, 0.15) is 0 Å². The van der Waals surface area contributed by atoms with Crippen molar-refractivity contribution in [3.8, 4) is 0 Å². The molecule has 0 atom stereocenters. The lowest BCUT2D eigenvalue weighted by molar-refractivity contribution is -0.203. The molecule has 0 aromatic heterocycles. The SMILES string of the molecule is C=CCN(C(=O)C(F)(F)F)C(=O)C(F)(F)F. The van der Waals surface area contributed by atoms with Crippen molar-refractivity contribution in [3.63, 3.8) is 0 Å². The molecule has 2 amide bonds. The Morgan fingerprint density at radius 1 is 1.00 bits per heavy atom. The Morgan fingerprint density at radius 2 is 1.31 bits per heavy atom. The third kappa shape index (κ3) is 3.55. The summed E-state index contributed by atoms with van der Waals surface area (Å²) in [7, 11) is 0. The fraction of sp³-hybridized carbons (Fsp3) is 0.429. The van der Waals surface area contributed by atoms with Crippen molar-refractivity contribution in [2.75, 3.05) is 6.54 Å². The molecule has 0 fully saturated rings. The van der Waals surface area contributed by atoms with Crippen LogP contribution in [0.15, 0.2) is 12.7 Å². The molecule has 0 N–H and O–H groups in total. The standard InChI is InChI=1S/C7H5F6NO2/c1-2-3-14(4(15)6(8,9)10)5(16)7(11,12)13/h2H,1,3H2. The molecule has 0 saturated carbocycles. The number of imide groups is 1. The van der Waals surface area contributed by atoms with E-state index < -0.39 is 35.6 Å². The van der Waals surface area contributed by atoms with Crippen molar-refractivity contribution in [2.45, 2.75) is 12.4 Å². The number of carbonyl (C=O) groups excluding carboxylic acids is 2. The Hall–Kier alpha value is -1.54. The lowest BCUT2D eigenvalue weighted by Gasteiger charge is -2.21. The first-order valence-corrected chi connectivity index (χ1v) is 3.62. The van der Waals surface area contributed by atoms with E-state index >= 15 is 0 Å². The molecule has 0 aliphatic rings. The molecule has 16 heavy (non-hydrogen) atoms. The van der Waals surface area contributed by atoms with Gasteiger partial charge in [-0.1, -0.05) is 6.08 Å². The highest BCUT2D eigenvalue weighted by Crippen LogP contribution is 2.24. The van der Waals surface area contributed by atoms with E-state index in [4.69, 9.17) is 0 Å². The van der Waals surface area contributed by atoms with Crippen LogP contribution in [-0.4, -0.2) is 35.6 Å². The molecule has 0 radical (unpaired) electrons. The minimum Gasteiger partial charge on any atom is -0.264 e. The van der Waals surface area contributed by atoms with Crippen molar-refractivity contribution in [2.24, 2.45) is 0 Å². The number of nitrogens with zero attached hydrogens (tertiary/aromatic N) is 1. The van der Waals surface area contributed by atoms with Gasteiger partial charge in [-0.05, 0) is 0 Å². The van der Waals surface area contributed by atoms with Crippen LogP contribution in [0.2, 0.25) is 0 Å². The highest BCUT2D eigenvalue weighted by molar-refractivity contribution is 6.00. The second-order valence-corrected chi connectivity index (χ2v) is 2.51. The molecular weight excluding hydrogens is 244 g/mol. The largest absolute Gasteiger partial charge is 0.471 e. The van der Waals surface area contributed by atoms with Gasteiger partial charge in [0.15, 0.2) is 0 Å². The summed E-state index contributed by atoms with van der Waals surface area (Å²) in [5.74, 6) is -5.76. The van der Waals surface area contributed by atoms with Gasteiger partial charge in [-0.15, -0.1) is 6.58 Å². The van der Waals surface area contributed by atoms with Gasteiger partial charge in [0.1, 0.15) is 0 Å². The number of hydrogen-bond donors (Lipinski definition) is 0. The fourth-order valence-corrected chi connectivity index (χ4v) is 0.693. The fourth-order valence-electron chi connectivity index (χ4n) is 0.693. The smallest absolute Gasteiger partial charge is 0.264 e. The van der Waals surface area contributed by atoms with Gasteiger partial charge in [-0.3, -0.25) is 14.5 Å². The van der Waals surface area contributed by atoms with Crippen LogP contribution in [0, 0.1) is 0 Å². The molecule has 0 unspecified atom stereocenters. The molecular formula is C7H5F6NO2. The number of carbonyl (C=O) groups is 2. The molecule has 0 heterocycles. The van der Waals surface area contributed by atoms with Crippen molar-refractivity contribution < 1.29 is 35.9 Å². The first-order chi connectivity index (χ1) is 7.01. The van der Waals surface area contributed by atoms with Gasteiger partial charge in [0.25, 0.3) is 0 Å². The average molecular weight is 249 g/mol. The normalized spacial score (nSPS) is 12.1. The van der Waals surface area contributed by atoms with E-state index in [-0.39, 0.29) is 0 Å². The monoisotopic (exact) mass is 249 g/mol. The van der Waals surface area contributed by atoms with Crippen LogP contribution >= 0.6 is 0 Å². The van der Waals surface area contributed by atoms with Gasteiger partial charge in [0.05, 0.1) is 0 Å². The van der Waals surface area contributed by atoms with E-state index in [9.17, 15) is 35.9 Å². The second-order valence-electron chi connectivity index (χ2n) is 2.51. The van der Waals surface area contributed by atoms with Gasteiger partial charge >= 0.3 is 24.2 Å². The second kappa shape index (κ2) is 4.54. The quantitative estimate of drug-likeness (QED) is 0.551. The predicted molar refractivity (Wildman–Crippen MR) is 39.0 cm³/mol. The maximum Gasteiger partial charge on any atom is 0.471 e.